The standard InChI is InChI=1S/C15H14N3/c1-11-6-3-4-8-13(11)15-17-14-12(10-18(15)2)7-5-9-16-14/h3-10H,1-2H3/q+1. The lowest BCUT2D eigenvalue weighted by molar-refractivity contribution is -0.661. The van der Waals surface area contributed by atoms with Gasteiger partial charge in [0, 0.05) is 6.20 Å². The van der Waals surface area contributed by atoms with E-state index < -0.39 is 0 Å². The number of fused-ring (bicyclic) bond motifs is 1. The van der Waals surface area contributed by atoms with Crippen molar-refractivity contribution < 1.29 is 4.57 Å². The van der Waals surface area contributed by atoms with Crippen LogP contribution in [0.15, 0.2) is 48.8 Å². The zero-order chi connectivity index (χ0) is 12.5. The van der Waals surface area contributed by atoms with Crippen molar-refractivity contribution >= 4 is 11.0 Å². The average Bonchev–Trinajstić information content (AvgIpc) is 2.39. The van der Waals surface area contributed by atoms with Crippen molar-refractivity contribution in [1.29, 1.82) is 0 Å². The number of rotatable bonds is 1. The fourth-order valence-electron chi connectivity index (χ4n) is 2.13. The summed E-state index contributed by atoms with van der Waals surface area (Å²) in [6, 6.07) is 12.2. The zero-order valence-electron chi connectivity index (χ0n) is 10.5. The number of aryl methyl sites for hydroxylation is 2. The molecule has 0 N–H and O–H groups in total. The lowest BCUT2D eigenvalue weighted by atomic mass is 10.1. The summed E-state index contributed by atoms with van der Waals surface area (Å²) in [5, 5.41) is 1.05. The Morgan fingerprint density at radius 2 is 1.89 bits per heavy atom. The Labute approximate surface area is 106 Å². The third-order valence-corrected chi connectivity index (χ3v) is 3.08. The van der Waals surface area contributed by atoms with Gasteiger partial charge in [0.15, 0.2) is 0 Å². The Morgan fingerprint density at radius 3 is 2.72 bits per heavy atom. The molecule has 0 bridgehead atoms. The zero-order valence-corrected chi connectivity index (χ0v) is 10.5. The van der Waals surface area contributed by atoms with Crippen LogP contribution in [0.2, 0.25) is 0 Å². The van der Waals surface area contributed by atoms with Crippen LogP contribution >= 0.6 is 0 Å². The van der Waals surface area contributed by atoms with Crippen LogP contribution in [0.3, 0.4) is 0 Å². The topological polar surface area (TPSA) is 29.7 Å². The normalized spacial score (nSPS) is 10.8. The molecule has 0 aliphatic rings. The van der Waals surface area contributed by atoms with E-state index in [1.807, 2.05) is 35.9 Å². The molecular formula is C15H14N3+. The molecule has 3 rings (SSSR count). The first-order chi connectivity index (χ1) is 8.75. The van der Waals surface area contributed by atoms with E-state index in [0.717, 1.165) is 22.4 Å². The van der Waals surface area contributed by atoms with Gasteiger partial charge in [0.2, 0.25) is 0 Å². The van der Waals surface area contributed by atoms with Gasteiger partial charge >= 0.3 is 5.82 Å². The summed E-state index contributed by atoms with van der Waals surface area (Å²) in [5.74, 6) is 0.944. The van der Waals surface area contributed by atoms with Crippen molar-refractivity contribution in [2.24, 2.45) is 7.05 Å². The minimum absolute atomic E-state index is 0.786. The van der Waals surface area contributed by atoms with Gasteiger partial charge in [-0.15, -0.1) is 0 Å². The average molecular weight is 236 g/mol. The minimum Gasteiger partial charge on any atom is -0.232 e. The number of aromatic nitrogens is 3. The molecule has 0 aliphatic heterocycles. The Kier molecular flexibility index (Phi) is 2.52. The van der Waals surface area contributed by atoms with Crippen LogP contribution in [0.5, 0.6) is 0 Å². The molecule has 18 heavy (non-hydrogen) atoms. The van der Waals surface area contributed by atoms with Gasteiger partial charge < -0.3 is 0 Å². The Balaban J connectivity index is 2.30. The van der Waals surface area contributed by atoms with Gasteiger partial charge in [-0.05, 0) is 35.7 Å². The molecular weight excluding hydrogens is 222 g/mol. The largest absolute Gasteiger partial charge is 0.333 e. The van der Waals surface area contributed by atoms with Crippen molar-refractivity contribution in [3.05, 3.63) is 54.4 Å². The molecule has 0 spiro atoms. The summed E-state index contributed by atoms with van der Waals surface area (Å²) >= 11 is 0. The quantitative estimate of drug-likeness (QED) is 0.607. The third kappa shape index (κ3) is 1.74. The first kappa shape index (κ1) is 10.8. The number of hydrogen-bond donors (Lipinski definition) is 0. The van der Waals surface area contributed by atoms with Crippen molar-refractivity contribution in [2.75, 3.05) is 0 Å². The van der Waals surface area contributed by atoms with Crippen LogP contribution in [0.1, 0.15) is 5.56 Å². The maximum absolute atomic E-state index is 4.66. The highest BCUT2D eigenvalue weighted by atomic mass is 15.0. The number of hydrogen-bond acceptors (Lipinski definition) is 2. The molecule has 0 radical (unpaired) electrons. The van der Waals surface area contributed by atoms with Crippen LogP contribution in [0.25, 0.3) is 22.4 Å². The third-order valence-electron chi connectivity index (χ3n) is 3.08. The van der Waals surface area contributed by atoms with Crippen LogP contribution in [0.4, 0.5) is 0 Å². The van der Waals surface area contributed by atoms with E-state index >= 15 is 0 Å². The van der Waals surface area contributed by atoms with Crippen LogP contribution in [-0.4, -0.2) is 9.97 Å². The predicted molar refractivity (Wildman–Crippen MR) is 70.9 cm³/mol. The second kappa shape index (κ2) is 4.18. The van der Waals surface area contributed by atoms with Gasteiger partial charge in [-0.1, -0.05) is 18.2 Å². The molecule has 2 heterocycles. The van der Waals surface area contributed by atoms with Gasteiger partial charge in [-0.3, -0.25) is 0 Å². The van der Waals surface area contributed by atoms with E-state index in [0.29, 0.717) is 0 Å². The van der Waals surface area contributed by atoms with Crippen molar-refractivity contribution in [3.8, 4) is 11.4 Å². The molecule has 0 atom stereocenters. The molecule has 3 aromatic rings. The maximum Gasteiger partial charge on any atom is 0.333 e. The Bertz CT molecular complexity index is 720. The molecule has 3 heteroatoms. The second-order valence-electron chi connectivity index (χ2n) is 4.41. The Hall–Kier alpha value is -2.29. The molecule has 0 amide bonds. The van der Waals surface area contributed by atoms with Crippen LogP contribution < -0.4 is 4.57 Å². The van der Waals surface area contributed by atoms with E-state index in [9.17, 15) is 0 Å². The van der Waals surface area contributed by atoms with E-state index in [-0.39, 0.29) is 0 Å². The smallest absolute Gasteiger partial charge is 0.232 e. The summed E-state index contributed by atoms with van der Waals surface area (Å²) in [6.07, 6.45) is 3.84. The second-order valence-corrected chi connectivity index (χ2v) is 4.41. The molecule has 3 nitrogen and oxygen atoms in total. The Morgan fingerprint density at radius 1 is 1.06 bits per heavy atom. The molecule has 0 saturated carbocycles. The lowest BCUT2D eigenvalue weighted by Crippen LogP contribution is -2.32. The summed E-state index contributed by atoms with van der Waals surface area (Å²) in [6.45, 7) is 2.10. The SMILES string of the molecule is Cc1ccccc1-c1nc2ncccc2c[n+]1C. The molecule has 0 aliphatic carbocycles. The van der Waals surface area contributed by atoms with Gasteiger partial charge in [-0.2, -0.15) is 0 Å². The highest BCUT2D eigenvalue weighted by molar-refractivity contribution is 5.74. The highest BCUT2D eigenvalue weighted by Gasteiger charge is 2.17. The molecule has 2 aromatic heterocycles. The molecule has 0 unspecified atom stereocenters. The van der Waals surface area contributed by atoms with Crippen LogP contribution in [0, 0.1) is 6.92 Å². The van der Waals surface area contributed by atoms with Gasteiger partial charge in [0.05, 0.1) is 18.0 Å². The summed E-state index contributed by atoms with van der Waals surface area (Å²) in [5.41, 5.74) is 3.15. The number of pyridine rings is 1. The fraction of sp³-hybridized carbons (Fsp3) is 0.133. The summed E-state index contributed by atoms with van der Waals surface area (Å²) in [7, 11) is 2.02. The van der Waals surface area contributed by atoms with E-state index in [2.05, 4.69) is 35.2 Å². The van der Waals surface area contributed by atoms with E-state index in [1.54, 1.807) is 6.20 Å². The van der Waals surface area contributed by atoms with E-state index in [4.69, 9.17) is 0 Å². The first-order valence-corrected chi connectivity index (χ1v) is 5.93. The fourth-order valence-corrected chi connectivity index (χ4v) is 2.13. The molecule has 88 valence electrons. The van der Waals surface area contributed by atoms with E-state index in [1.165, 1.54) is 5.56 Å². The molecule has 0 fully saturated rings. The van der Waals surface area contributed by atoms with Crippen LogP contribution in [-0.2, 0) is 7.05 Å². The number of benzene rings is 1. The molecule has 1 aromatic carbocycles. The maximum atomic E-state index is 4.66. The predicted octanol–water partition coefficient (Wildman–Crippen LogP) is 2.43. The van der Waals surface area contributed by atoms with Gasteiger partial charge in [-0.25, -0.2) is 9.55 Å². The molecule has 0 saturated heterocycles. The first-order valence-electron chi connectivity index (χ1n) is 5.93. The minimum atomic E-state index is 0.786. The summed E-state index contributed by atoms with van der Waals surface area (Å²) < 4.78 is 2.05. The van der Waals surface area contributed by atoms with Crippen molar-refractivity contribution in [3.63, 3.8) is 0 Å². The highest BCUT2D eigenvalue weighted by Crippen LogP contribution is 2.19. The van der Waals surface area contributed by atoms with Gasteiger partial charge in [0.25, 0.3) is 5.65 Å². The van der Waals surface area contributed by atoms with Crippen molar-refractivity contribution in [1.82, 2.24) is 9.97 Å². The van der Waals surface area contributed by atoms with Crippen molar-refractivity contribution in [2.45, 2.75) is 6.92 Å². The number of nitrogens with zero attached hydrogens (tertiary/aromatic N) is 3. The lowest BCUT2D eigenvalue weighted by Gasteiger charge is -2.03. The van der Waals surface area contributed by atoms with Gasteiger partial charge in [0.1, 0.15) is 6.20 Å². The monoisotopic (exact) mass is 236 g/mol. The summed E-state index contributed by atoms with van der Waals surface area (Å²) in [4.78, 5) is 8.97.